The zero-order valence-corrected chi connectivity index (χ0v) is 81.6. The van der Waals surface area contributed by atoms with E-state index in [0.717, 1.165) is 0 Å². The standard InChI is InChI=1S/2C39H36P4.3C2H3N.3Ag.Au.4ClHO4/c2*1-7-19-34(20-8-1)41(35-21-9-2-10-22-35)31-40(32-42(36-23-11-3-12-24-36)37-25-13-4-14-26-37)33-43(38-27-15-5-16-28-38)39-29-17-6-18-30-39;3*1-2-3;;;;;4*2-1(3,4)5/h2*1-30H,31-33H2;3*1H3;;;;;4*(H,2,3,4,5)/q;;;;;4*+1;;;;/p+4. The monoisotopic (exact) mass is 2300 g/mol. The summed E-state index contributed by atoms with van der Waals surface area (Å²) in [5.74, 6) is 8.03. The quantitative estimate of drug-likeness (QED) is 0.0461. The van der Waals surface area contributed by atoms with E-state index in [1.165, 1.54) is 56.2 Å². The second-order valence-electron chi connectivity index (χ2n) is 24.0. The molecular weight excluding hydrogens is 2220 g/mol. The summed E-state index contributed by atoms with van der Waals surface area (Å²) in [6.07, 6.45) is 0. The molecule has 19 nitrogen and oxygen atoms in total. The van der Waals surface area contributed by atoms with Gasteiger partial charge in [0.25, 0.3) is 0 Å². The van der Waals surface area contributed by atoms with Crippen LogP contribution in [0.1, 0.15) is 20.8 Å². The van der Waals surface area contributed by atoms with Crippen LogP contribution in [-0.2, 0) is 89.5 Å². The van der Waals surface area contributed by atoms with Gasteiger partial charge in [0.2, 0.25) is 0 Å². The molecule has 119 heavy (non-hydrogen) atoms. The van der Waals surface area contributed by atoms with E-state index >= 15 is 0 Å². The van der Waals surface area contributed by atoms with Gasteiger partial charge in [-0.05, 0) is 146 Å². The van der Waals surface area contributed by atoms with Gasteiger partial charge in [0.05, 0.1) is 18.2 Å². The Morgan fingerprint density at radius 3 is 0.303 bits per heavy atom. The van der Waals surface area contributed by atoms with Crippen LogP contribution >= 0.6 is 63.4 Å². The first-order chi connectivity index (χ1) is 54.9. The van der Waals surface area contributed by atoms with Crippen LogP contribution in [0.3, 0.4) is 0 Å². The Balaban J connectivity index is 0.00000172. The summed E-state index contributed by atoms with van der Waals surface area (Å²) in [4.78, 5) is 0. The van der Waals surface area contributed by atoms with Gasteiger partial charge in [-0.15, -0.1) is 41.0 Å². The molecule has 0 amide bonds. The van der Waals surface area contributed by atoms with Crippen molar-refractivity contribution < 1.29 is 205 Å². The predicted octanol–water partition coefficient (Wildman–Crippen LogP) is -2.11. The van der Waals surface area contributed by atoms with Crippen LogP contribution in [-0.4, -0.2) is 35.4 Å². The molecule has 0 unspecified atom stereocenters. The number of rotatable bonds is 24. The second kappa shape index (κ2) is 65.6. The van der Waals surface area contributed by atoms with E-state index in [4.69, 9.17) is 90.3 Å². The Hall–Kier alpha value is -3.97. The van der Waals surface area contributed by atoms with Crippen LogP contribution in [0.25, 0.3) is 0 Å². The fraction of sp³-hybridized carbons (Fsp3) is 0.107. The smallest absolute Gasteiger partial charge is 0.222 e. The molecular formula is C84H89Ag3AuCl4N3O16P8+8. The minimum atomic E-state index is -4.94. The molecule has 0 saturated carbocycles. The molecule has 0 fully saturated rings. The molecule has 0 aliphatic heterocycles. The van der Waals surface area contributed by atoms with Crippen LogP contribution in [0.15, 0.2) is 364 Å². The van der Waals surface area contributed by atoms with Gasteiger partial charge >= 0.3 is 89.5 Å². The van der Waals surface area contributed by atoms with E-state index in [0.29, 0.717) is 0 Å². The van der Waals surface area contributed by atoms with E-state index in [1.54, 1.807) is 81.9 Å². The molecule has 640 valence electrons. The van der Waals surface area contributed by atoms with Crippen molar-refractivity contribution in [1.29, 1.82) is 15.8 Å². The summed E-state index contributed by atoms with van der Waals surface area (Å²) in [7, 11) is -27.0. The fourth-order valence-corrected chi connectivity index (χ4v) is 52.5. The number of halogens is 4. The van der Waals surface area contributed by atoms with Crippen LogP contribution in [0.4, 0.5) is 0 Å². The van der Waals surface area contributed by atoms with Gasteiger partial charge in [-0.2, -0.15) is 15.8 Å². The normalized spacial score (nSPS) is 10.5. The van der Waals surface area contributed by atoms with Crippen LogP contribution in [0, 0.1) is 75.0 Å². The van der Waals surface area contributed by atoms with Gasteiger partial charge in [-0.3, -0.25) is 0 Å². The van der Waals surface area contributed by atoms with Crippen LogP contribution < -0.4 is 138 Å². The van der Waals surface area contributed by atoms with Crippen molar-refractivity contribution in [2.45, 2.75) is 20.8 Å². The number of nitriles is 3. The minimum absolute atomic E-state index is 0. The summed E-state index contributed by atoms with van der Waals surface area (Å²) in [5, 5.41) is 40.5. The molecule has 0 spiro atoms. The molecule has 0 radical (unpaired) electrons. The fourth-order valence-electron chi connectivity index (χ4n) is 11.8. The molecule has 0 saturated heterocycles. The third-order valence-electron chi connectivity index (χ3n) is 16.0. The van der Waals surface area contributed by atoms with Crippen LogP contribution in [0.5, 0.6) is 0 Å². The average Bonchev–Trinajstić information content (AvgIpc) is 0.814. The van der Waals surface area contributed by atoms with Crippen molar-refractivity contribution in [2.24, 2.45) is 0 Å². The van der Waals surface area contributed by atoms with E-state index in [-0.39, 0.29) is 89.5 Å². The topological polar surface area (TPSA) is 440 Å². The Bertz CT molecular complexity index is 3650. The maximum Gasteiger partial charge on any atom is 1.00 e. The summed E-state index contributed by atoms with van der Waals surface area (Å²) in [5.41, 5.74) is 0. The van der Waals surface area contributed by atoms with E-state index in [2.05, 4.69) is 364 Å². The van der Waals surface area contributed by atoms with E-state index < -0.39 is 104 Å². The summed E-state index contributed by atoms with van der Waals surface area (Å²) in [6, 6.07) is 142. The van der Waals surface area contributed by atoms with Gasteiger partial charge in [0.1, 0.15) is 127 Å². The molecule has 0 aromatic heterocycles. The van der Waals surface area contributed by atoms with Crippen molar-refractivity contribution in [3.63, 3.8) is 0 Å². The number of hydrogen-bond donors (Lipinski definition) is 0. The Labute approximate surface area is 778 Å². The van der Waals surface area contributed by atoms with Crippen molar-refractivity contribution in [3.8, 4) is 18.2 Å². The molecule has 12 aromatic carbocycles. The molecule has 12 rings (SSSR count). The van der Waals surface area contributed by atoms with Gasteiger partial charge in [-0.25, -0.2) is 74.5 Å². The third-order valence-corrected chi connectivity index (χ3v) is 48.9. The van der Waals surface area contributed by atoms with Gasteiger partial charge in [0.15, 0.2) is 35.4 Å². The molecule has 0 aliphatic rings. The Morgan fingerprint density at radius 2 is 0.244 bits per heavy atom. The zero-order chi connectivity index (χ0) is 84.3. The van der Waals surface area contributed by atoms with Crippen LogP contribution in [0.2, 0.25) is 0 Å². The van der Waals surface area contributed by atoms with Crippen molar-refractivity contribution in [2.75, 3.05) is 35.4 Å². The largest absolute Gasteiger partial charge is 1.00 e. The Morgan fingerprint density at radius 1 is 0.185 bits per heavy atom. The van der Waals surface area contributed by atoms with E-state index in [1.807, 2.05) is 0 Å². The number of nitrogens with zero attached hydrogens (tertiary/aromatic N) is 3. The molecule has 0 aliphatic carbocycles. The number of benzene rings is 12. The molecule has 0 atom stereocenters. The van der Waals surface area contributed by atoms with Gasteiger partial charge in [0, 0.05) is 20.8 Å². The molecule has 0 heterocycles. The SMILES string of the molecule is CC#N.CC#N.CC#N.[Ag+].[Ag+].[Ag+].[Au+].[O-][Cl+3]([O-])([O-])[O-].[O-][Cl+3]([O-])([O-])[O-].[O-][Cl+3]([O-])([O-])[O-].[O-][Cl+3]([O-])([O-])[O-].c1ccc([PH+](C[PH+](C[PH+](c2ccccc2)c2ccccc2)C[PH+](c2ccccc2)c2ccccc2)c2ccccc2)cc1.c1ccc([PH+](C[PH+](C[PH+](c2ccccc2)c2ccccc2)C[PH+](c2ccccc2)c2ccccc2)c2ccccc2)cc1. The maximum atomic E-state index is 8.49. The predicted molar refractivity (Wildman–Crippen MR) is 442 cm³/mol. The van der Waals surface area contributed by atoms with Gasteiger partial charge < -0.3 is 0 Å². The molecule has 0 N–H and O–H groups in total. The van der Waals surface area contributed by atoms with Gasteiger partial charge in [-0.1, -0.05) is 218 Å². The van der Waals surface area contributed by atoms with Crippen molar-refractivity contribution in [3.05, 3.63) is 364 Å². The summed E-state index contributed by atoms with van der Waals surface area (Å²) < 4.78 is 136. The number of hydrogen-bond acceptors (Lipinski definition) is 19. The first kappa shape index (κ1) is 115. The molecule has 0 bridgehead atoms. The summed E-state index contributed by atoms with van der Waals surface area (Å²) >= 11 is 0. The minimum Gasteiger partial charge on any atom is -0.222 e. The third kappa shape index (κ3) is 53.2. The zero-order valence-electron chi connectivity index (χ0n) is 64.0. The Kier molecular flexibility index (Phi) is 63.4. The van der Waals surface area contributed by atoms with Crippen molar-refractivity contribution in [1.82, 2.24) is 0 Å². The molecule has 12 aromatic rings. The average molecular weight is 2310 g/mol. The maximum absolute atomic E-state index is 8.49. The van der Waals surface area contributed by atoms with Crippen molar-refractivity contribution >= 4 is 127 Å². The molecule has 35 heteroatoms. The first-order valence-corrected chi connectivity index (χ1v) is 54.2. The summed E-state index contributed by atoms with van der Waals surface area (Å²) in [6.45, 7) is 4.29. The first-order valence-electron chi connectivity index (χ1n) is 34.8. The second-order valence-corrected chi connectivity index (χ2v) is 51.2. The van der Waals surface area contributed by atoms with E-state index in [9.17, 15) is 0 Å².